The van der Waals surface area contributed by atoms with E-state index in [9.17, 15) is 9.59 Å². The van der Waals surface area contributed by atoms with Crippen LogP contribution in [0.4, 0.5) is 5.69 Å². The third-order valence-electron chi connectivity index (χ3n) is 7.23. The fourth-order valence-corrected chi connectivity index (χ4v) is 5.20. The van der Waals surface area contributed by atoms with Crippen LogP contribution < -0.4 is 10.2 Å². The number of anilines is 1. The van der Waals surface area contributed by atoms with Crippen molar-refractivity contribution in [2.24, 2.45) is 0 Å². The van der Waals surface area contributed by atoms with Crippen molar-refractivity contribution in [2.75, 3.05) is 4.90 Å². The van der Waals surface area contributed by atoms with Crippen LogP contribution in [0.5, 0.6) is 0 Å². The summed E-state index contributed by atoms with van der Waals surface area (Å²) in [5, 5.41) is 11.7. The van der Waals surface area contributed by atoms with Crippen molar-refractivity contribution in [1.29, 1.82) is 0 Å². The summed E-state index contributed by atoms with van der Waals surface area (Å²) in [6, 6.07) is 3.95. The zero-order valence-electron chi connectivity index (χ0n) is 18.1. The van der Waals surface area contributed by atoms with Gasteiger partial charge in [0.1, 0.15) is 11.7 Å². The Labute approximate surface area is 180 Å². The van der Waals surface area contributed by atoms with Crippen LogP contribution in [0.25, 0.3) is 22.3 Å². The molecule has 3 N–H and O–H groups in total. The topological polar surface area (TPSA) is 93.9 Å². The van der Waals surface area contributed by atoms with Gasteiger partial charge in [-0.05, 0) is 81.7 Å². The summed E-state index contributed by atoms with van der Waals surface area (Å²) in [7, 11) is 0. The first kappa shape index (κ1) is 18.7. The van der Waals surface area contributed by atoms with Gasteiger partial charge < -0.3 is 10.3 Å². The Bertz CT molecular complexity index is 1250. The Balaban J connectivity index is 1.51. The number of hydrogen-bond donors (Lipinski definition) is 3. The van der Waals surface area contributed by atoms with E-state index in [2.05, 4.69) is 32.6 Å². The van der Waals surface area contributed by atoms with Gasteiger partial charge in [0.05, 0.1) is 11.1 Å². The molecule has 1 fully saturated rings. The summed E-state index contributed by atoms with van der Waals surface area (Å²) in [5.74, 6) is -0.0945. The van der Waals surface area contributed by atoms with E-state index < -0.39 is 11.5 Å². The minimum Gasteiger partial charge on any atom is -0.353 e. The number of H-pyrrole nitrogens is 2. The van der Waals surface area contributed by atoms with Crippen molar-refractivity contribution >= 4 is 28.4 Å². The van der Waals surface area contributed by atoms with Crippen molar-refractivity contribution in [3.05, 3.63) is 35.0 Å². The molecule has 3 aromatic rings. The lowest BCUT2D eigenvalue weighted by atomic mass is 9.85. The molecule has 0 saturated heterocycles. The van der Waals surface area contributed by atoms with Gasteiger partial charge in [-0.25, -0.2) is 0 Å². The maximum absolute atomic E-state index is 13.4. The van der Waals surface area contributed by atoms with Gasteiger partial charge in [0.25, 0.3) is 0 Å². The van der Waals surface area contributed by atoms with Crippen LogP contribution in [0.15, 0.2) is 18.3 Å². The standard InChI is InChI=1S/C24H27N5O2/c1-12(22(30)26-14-7-8-14)29-19-9-16-15-6-4-5-13-11-25-28-20(13)21(15)27-18(16)10-17(19)24(2,3)23(29)31/h9-12,14,27H,4-8H2,1-3H3,(H,25,28)(H,26,30). The Morgan fingerprint density at radius 3 is 2.87 bits per heavy atom. The molecule has 1 atom stereocenters. The quantitative estimate of drug-likeness (QED) is 0.610. The summed E-state index contributed by atoms with van der Waals surface area (Å²) >= 11 is 0. The average Bonchev–Trinajstić information content (AvgIpc) is 3.31. The van der Waals surface area contributed by atoms with E-state index in [1.165, 1.54) is 11.1 Å². The van der Waals surface area contributed by atoms with E-state index in [0.29, 0.717) is 0 Å². The van der Waals surface area contributed by atoms with E-state index >= 15 is 0 Å². The van der Waals surface area contributed by atoms with Crippen molar-refractivity contribution in [1.82, 2.24) is 20.5 Å². The number of carbonyl (C=O) groups excluding carboxylic acids is 2. The largest absolute Gasteiger partial charge is 0.353 e. The summed E-state index contributed by atoms with van der Waals surface area (Å²) in [5.41, 5.74) is 6.71. The fourth-order valence-electron chi connectivity index (χ4n) is 5.20. The number of aromatic amines is 2. The zero-order valence-corrected chi connectivity index (χ0v) is 18.1. The number of benzene rings is 1. The molecule has 160 valence electrons. The monoisotopic (exact) mass is 417 g/mol. The van der Waals surface area contributed by atoms with Crippen LogP contribution in [-0.2, 0) is 27.8 Å². The minimum absolute atomic E-state index is 0.0192. The Morgan fingerprint density at radius 2 is 2.10 bits per heavy atom. The van der Waals surface area contributed by atoms with Gasteiger partial charge in [0.2, 0.25) is 11.8 Å². The lowest BCUT2D eigenvalue weighted by Crippen LogP contribution is -2.49. The minimum atomic E-state index is -0.683. The molecule has 3 aliphatic rings. The second kappa shape index (κ2) is 6.22. The van der Waals surface area contributed by atoms with Crippen LogP contribution in [0.3, 0.4) is 0 Å². The number of fused-ring (bicyclic) bond motifs is 6. The van der Waals surface area contributed by atoms with Crippen molar-refractivity contribution in [3.8, 4) is 11.4 Å². The highest BCUT2D eigenvalue weighted by atomic mass is 16.2. The SMILES string of the molecule is CC(C(=O)NC1CC1)N1C(=O)C(C)(C)c2cc3[nH]c4c(c3cc21)CCCc1c[nH]nc1-4. The summed E-state index contributed by atoms with van der Waals surface area (Å²) in [6.45, 7) is 5.73. The van der Waals surface area contributed by atoms with Gasteiger partial charge in [0, 0.05) is 28.8 Å². The second-order valence-corrected chi connectivity index (χ2v) is 9.77. The van der Waals surface area contributed by atoms with Gasteiger partial charge >= 0.3 is 0 Å². The molecule has 2 aliphatic carbocycles. The Kier molecular flexibility index (Phi) is 3.74. The van der Waals surface area contributed by atoms with Crippen LogP contribution in [0.2, 0.25) is 0 Å². The molecule has 1 aromatic carbocycles. The first-order valence-corrected chi connectivity index (χ1v) is 11.2. The molecule has 31 heavy (non-hydrogen) atoms. The van der Waals surface area contributed by atoms with Crippen LogP contribution in [0.1, 0.15) is 56.7 Å². The predicted molar refractivity (Wildman–Crippen MR) is 119 cm³/mol. The summed E-state index contributed by atoms with van der Waals surface area (Å²) in [4.78, 5) is 31.6. The molecule has 0 spiro atoms. The maximum Gasteiger partial charge on any atom is 0.243 e. The number of amides is 2. The van der Waals surface area contributed by atoms with Crippen molar-refractivity contribution < 1.29 is 9.59 Å². The van der Waals surface area contributed by atoms with Gasteiger partial charge in [-0.3, -0.25) is 19.6 Å². The van der Waals surface area contributed by atoms with Crippen molar-refractivity contribution in [3.63, 3.8) is 0 Å². The molecule has 0 bridgehead atoms. The molecule has 6 rings (SSSR count). The molecular weight excluding hydrogens is 390 g/mol. The van der Waals surface area contributed by atoms with E-state index in [4.69, 9.17) is 0 Å². The first-order chi connectivity index (χ1) is 14.9. The number of nitrogens with zero attached hydrogens (tertiary/aromatic N) is 2. The number of aromatic nitrogens is 3. The van der Waals surface area contributed by atoms with E-state index in [-0.39, 0.29) is 17.9 Å². The van der Waals surface area contributed by atoms with Crippen LogP contribution in [0, 0.1) is 0 Å². The molecule has 7 heteroatoms. The zero-order chi connectivity index (χ0) is 21.5. The highest BCUT2D eigenvalue weighted by molar-refractivity contribution is 6.13. The number of carbonyl (C=O) groups is 2. The molecule has 1 saturated carbocycles. The lowest BCUT2D eigenvalue weighted by Gasteiger charge is -2.26. The fraction of sp³-hybridized carbons (Fsp3) is 0.458. The summed E-state index contributed by atoms with van der Waals surface area (Å²) < 4.78 is 0. The molecule has 7 nitrogen and oxygen atoms in total. The molecule has 2 amide bonds. The first-order valence-electron chi connectivity index (χ1n) is 11.2. The van der Waals surface area contributed by atoms with Gasteiger partial charge in [-0.2, -0.15) is 5.10 Å². The Morgan fingerprint density at radius 1 is 1.29 bits per heavy atom. The second-order valence-electron chi connectivity index (χ2n) is 9.77. The third-order valence-corrected chi connectivity index (χ3v) is 7.23. The van der Waals surface area contributed by atoms with Gasteiger partial charge in [-0.1, -0.05) is 0 Å². The molecule has 1 aliphatic heterocycles. The molecular formula is C24H27N5O2. The lowest BCUT2D eigenvalue weighted by molar-refractivity contribution is -0.127. The highest BCUT2D eigenvalue weighted by Crippen LogP contribution is 2.46. The summed E-state index contributed by atoms with van der Waals surface area (Å²) in [6.07, 6.45) is 7.05. The van der Waals surface area contributed by atoms with Crippen LogP contribution >= 0.6 is 0 Å². The van der Waals surface area contributed by atoms with Gasteiger partial charge in [-0.15, -0.1) is 0 Å². The predicted octanol–water partition coefficient (Wildman–Crippen LogP) is 3.34. The smallest absolute Gasteiger partial charge is 0.243 e. The molecule has 1 unspecified atom stereocenters. The van der Waals surface area contributed by atoms with E-state index in [1.807, 2.05) is 27.0 Å². The highest BCUT2D eigenvalue weighted by Gasteiger charge is 2.47. The number of nitrogens with one attached hydrogen (secondary N) is 3. The molecule has 3 heterocycles. The Hall–Kier alpha value is -3.09. The number of hydrogen-bond acceptors (Lipinski definition) is 3. The van der Waals surface area contributed by atoms with Gasteiger partial charge in [0.15, 0.2) is 0 Å². The average molecular weight is 418 g/mol. The number of aryl methyl sites for hydroxylation is 2. The normalized spacial score (nSPS) is 20.2. The van der Waals surface area contributed by atoms with E-state index in [0.717, 1.165) is 65.6 Å². The molecule has 2 aromatic heterocycles. The van der Waals surface area contributed by atoms with Crippen LogP contribution in [-0.4, -0.2) is 39.1 Å². The third kappa shape index (κ3) is 2.61. The molecule has 0 radical (unpaired) electrons. The van der Waals surface area contributed by atoms with Crippen molar-refractivity contribution in [2.45, 2.75) is 70.4 Å². The maximum atomic E-state index is 13.4. The number of rotatable bonds is 3. The van der Waals surface area contributed by atoms with E-state index in [1.54, 1.807) is 4.90 Å².